The van der Waals surface area contributed by atoms with Crippen LogP contribution in [0.5, 0.6) is 0 Å². The molecule has 0 saturated carbocycles. The summed E-state index contributed by atoms with van der Waals surface area (Å²) in [4.78, 5) is 30.1. The molecule has 5 aromatic rings. The molecular weight excluding hydrogens is 426 g/mol. The third kappa shape index (κ3) is 3.94. The number of pyridine rings is 2. The number of aromatic nitrogens is 5. The lowest BCUT2D eigenvalue weighted by atomic mass is 9.96. The maximum absolute atomic E-state index is 12.3. The third-order valence-corrected chi connectivity index (χ3v) is 6.07. The van der Waals surface area contributed by atoms with Gasteiger partial charge in [-0.2, -0.15) is 0 Å². The van der Waals surface area contributed by atoms with E-state index in [4.69, 9.17) is 0 Å². The molecule has 1 amide bonds. The second-order valence-electron chi connectivity index (χ2n) is 8.27. The highest BCUT2D eigenvalue weighted by Gasteiger charge is 2.15. The zero-order valence-corrected chi connectivity index (χ0v) is 19.3. The molecule has 0 unspecified atom stereocenters. The van der Waals surface area contributed by atoms with Gasteiger partial charge >= 0.3 is 0 Å². The van der Waals surface area contributed by atoms with Crippen LogP contribution in [0.1, 0.15) is 34.6 Å². The predicted molar refractivity (Wildman–Crippen MR) is 133 cm³/mol. The van der Waals surface area contributed by atoms with Gasteiger partial charge in [-0.15, -0.1) is 0 Å². The van der Waals surface area contributed by atoms with Crippen molar-refractivity contribution in [3.05, 3.63) is 84.3 Å². The van der Waals surface area contributed by atoms with Gasteiger partial charge in [0.15, 0.2) is 0 Å². The Morgan fingerprint density at radius 2 is 1.97 bits per heavy atom. The number of benzene rings is 1. The zero-order chi connectivity index (χ0) is 23.7. The average molecular weight is 452 g/mol. The fourth-order valence-corrected chi connectivity index (χ4v) is 4.20. The molecule has 8 heteroatoms. The first-order valence-electron chi connectivity index (χ1n) is 11.1. The molecule has 0 aliphatic rings. The van der Waals surface area contributed by atoms with Gasteiger partial charge in [0.05, 0.1) is 28.5 Å². The van der Waals surface area contributed by atoms with Crippen molar-refractivity contribution in [2.24, 2.45) is 0 Å². The predicted octanol–water partition coefficient (Wildman–Crippen LogP) is 4.22. The van der Waals surface area contributed by atoms with Crippen LogP contribution in [0.3, 0.4) is 0 Å². The number of anilines is 1. The molecule has 0 aliphatic heterocycles. The fourth-order valence-electron chi connectivity index (χ4n) is 4.20. The summed E-state index contributed by atoms with van der Waals surface area (Å²) in [5.74, 6) is 1.72. The summed E-state index contributed by atoms with van der Waals surface area (Å²) in [5, 5.41) is 6.98. The molecule has 0 bridgehead atoms. The molecule has 0 spiro atoms. The van der Waals surface area contributed by atoms with Crippen molar-refractivity contribution in [1.29, 1.82) is 0 Å². The van der Waals surface area contributed by atoms with Crippen molar-refractivity contribution in [1.82, 2.24) is 29.7 Å². The van der Waals surface area contributed by atoms with Gasteiger partial charge in [-0.25, -0.2) is 15.0 Å². The van der Waals surface area contributed by atoms with Crippen LogP contribution in [-0.2, 0) is 0 Å². The third-order valence-electron chi connectivity index (χ3n) is 6.07. The van der Waals surface area contributed by atoms with Crippen molar-refractivity contribution in [2.45, 2.75) is 19.8 Å². The lowest BCUT2D eigenvalue weighted by Crippen LogP contribution is -2.18. The monoisotopic (exact) mass is 451 g/mol. The minimum absolute atomic E-state index is 0.117. The molecule has 1 aromatic carbocycles. The van der Waals surface area contributed by atoms with Crippen LogP contribution < -0.4 is 10.6 Å². The number of imidazole rings is 1. The van der Waals surface area contributed by atoms with E-state index in [0.717, 1.165) is 44.9 Å². The lowest BCUT2D eigenvalue weighted by Gasteiger charge is -2.16. The first kappa shape index (κ1) is 21.5. The number of carbonyl (C=O) groups is 1. The highest BCUT2D eigenvalue weighted by Crippen LogP contribution is 2.27. The number of aryl methyl sites for hydroxylation is 1. The van der Waals surface area contributed by atoms with Gasteiger partial charge in [0, 0.05) is 48.9 Å². The van der Waals surface area contributed by atoms with E-state index in [1.54, 1.807) is 25.6 Å². The summed E-state index contributed by atoms with van der Waals surface area (Å²) >= 11 is 0. The van der Waals surface area contributed by atoms with Crippen LogP contribution in [-0.4, -0.2) is 43.8 Å². The van der Waals surface area contributed by atoms with E-state index in [1.807, 2.05) is 48.0 Å². The topological polar surface area (TPSA) is 97.1 Å². The molecule has 34 heavy (non-hydrogen) atoms. The second-order valence-corrected chi connectivity index (χ2v) is 8.27. The maximum atomic E-state index is 12.3. The van der Waals surface area contributed by atoms with E-state index < -0.39 is 0 Å². The summed E-state index contributed by atoms with van der Waals surface area (Å²) in [7, 11) is 1.63. The molecule has 4 heterocycles. The number of fused-ring (bicyclic) bond motifs is 2. The van der Waals surface area contributed by atoms with Gasteiger partial charge in [-0.3, -0.25) is 9.78 Å². The van der Waals surface area contributed by atoms with Gasteiger partial charge in [0.25, 0.3) is 5.91 Å². The van der Waals surface area contributed by atoms with E-state index in [-0.39, 0.29) is 11.8 Å². The normalized spacial score (nSPS) is 12.1. The lowest BCUT2D eigenvalue weighted by molar-refractivity contribution is 0.0964. The molecule has 0 radical (unpaired) electrons. The van der Waals surface area contributed by atoms with E-state index in [2.05, 4.69) is 49.6 Å². The maximum Gasteiger partial charge on any atom is 0.251 e. The number of amides is 1. The van der Waals surface area contributed by atoms with Crippen LogP contribution in [0.15, 0.2) is 67.4 Å². The molecule has 4 aromatic heterocycles. The van der Waals surface area contributed by atoms with Gasteiger partial charge in [0.2, 0.25) is 0 Å². The Morgan fingerprint density at radius 1 is 1.09 bits per heavy atom. The Morgan fingerprint density at radius 3 is 2.82 bits per heavy atom. The Hall–Kier alpha value is -4.33. The van der Waals surface area contributed by atoms with E-state index in [9.17, 15) is 4.79 Å². The van der Waals surface area contributed by atoms with E-state index >= 15 is 0 Å². The zero-order valence-electron chi connectivity index (χ0n) is 19.3. The summed E-state index contributed by atoms with van der Waals surface area (Å²) < 4.78 is 2.04. The number of nitrogens with one attached hydrogen (secondary N) is 2. The van der Waals surface area contributed by atoms with Crippen LogP contribution in [0, 0.1) is 6.92 Å². The highest BCUT2D eigenvalue weighted by atomic mass is 16.1. The molecule has 8 nitrogen and oxygen atoms in total. The van der Waals surface area contributed by atoms with Crippen molar-refractivity contribution >= 4 is 28.1 Å². The Bertz CT molecular complexity index is 1510. The number of para-hydroxylation sites is 1. The summed E-state index contributed by atoms with van der Waals surface area (Å²) in [6, 6.07) is 13.8. The number of hydrogen-bond acceptors (Lipinski definition) is 6. The first-order chi connectivity index (χ1) is 16.5. The first-order valence-corrected chi connectivity index (χ1v) is 11.1. The van der Waals surface area contributed by atoms with Crippen LogP contribution in [0.25, 0.3) is 27.7 Å². The van der Waals surface area contributed by atoms with E-state index in [1.165, 1.54) is 0 Å². The average Bonchev–Trinajstić information content (AvgIpc) is 3.26. The van der Waals surface area contributed by atoms with Crippen LogP contribution in [0.2, 0.25) is 0 Å². The fraction of sp³-hybridized carbons (Fsp3) is 0.192. The Labute approximate surface area is 197 Å². The highest BCUT2D eigenvalue weighted by molar-refractivity contribution is 6.06. The molecule has 0 aliphatic carbocycles. The Balaban J connectivity index is 1.37. The van der Waals surface area contributed by atoms with Gasteiger partial charge < -0.3 is 15.0 Å². The standard InChI is InChI=1S/C26H25N7O/c1-16(20-5-4-6-21-22(26(34)27-3)7-9-28-25(20)21)13-30-24-12-23(31-15-32-24)18-8-10-33-17(2)29-14-19(33)11-18/h4-12,14-16H,13H2,1-3H3,(H,27,34)(H,30,31,32)/t16-/m0/s1. The summed E-state index contributed by atoms with van der Waals surface area (Å²) in [6.07, 6.45) is 7.12. The number of hydrogen-bond donors (Lipinski definition) is 2. The minimum Gasteiger partial charge on any atom is -0.369 e. The molecule has 5 rings (SSSR count). The number of nitrogens with zero attached hydrogens (tertiary/aromatic N) is 5. The van der Waals surface area contributed by atoms with E-state index in [0.29, 0.717) is 12.1 Å². The molecule has 1 atom stereocenters. The SMILES string of the molecule is CNC(=O)c1ccnc2c([C@@H](C)CNc3cc(-c4ccn5c(C)ncc5c4)ncn3)cccc12. The number of carbonyl (C=O) groups excluding carboxylic acids is 1. The molecular formula is C26H25N7O. The largest absolute Gasteiger partial charge is 0.369 e. The van der Waals surface area contributed by atoms with Gasteiger partial charge in [-0.1, -0.05) is 25.1 Å². The van der Waals surface area contributed by atoms with Crippen molar-refractivity contribution in [2.75, 3.05) is 18.9 Å². The van der Waals surface area contributed by atoms with Crippen LogP contribution >= 0.6 is 0 Å². The molecule has 170 valence electrons. The molecule has 0 fully saturated rings. The van der Waals surface area contributed by atoms with Crippen molar-refractivity contribution < 1.29 is 4.79 Å². The van der Waals surface area contributed by atoms with Gasteiger partial charge in [-0.05, 0) is 30.7 Å². The smallest absolute Gasteiger partial charge is 0.251 e. The molecule has 2 N–H and O–H groups in total. The summed E-state index contributed by atoms with van der Waals surface area (Å²) in [6.45, 7) is 4.77. The number of rotatable bonds is 6. The molecule has 0 saturated heterocycles. The quantitative estimate of drug-likeness (QED) is 0.401. The van der Waals surface area contributed by atoms with Crippen molar-refractivity contribution in [3.8, 4) is 11.3 Å². The van der Waals surface area contributed by atoms with Gasteiger partial charge in [0.1, 0.15) is 18.0 Å². The van der Waals surface area contributed by atoms with Crippen molar-refractivity contribution in [3.63, 3.8) is 0 Å². The summed E-state index contributed by atoms with van der Waals surface area (Å²) in [5.41, 5.74) is 5.41. The Kier molecular flexibility index (Phi) is 5.63. The minimum atomic E-state index is -0.117. The van der Waals surface area contributed by atoms with Crippen LogP contribution in [0.4, 0.5) is 5.82 Å². The second kappa shape index (κ2) is 8.90.